The Bertz CT molecular complexity index is 781. The van der Waals surface area contributed by atoms with Gasteiger partial charge in [-0.15, -0.1) is 0 Å². The van der Waals surface area contributed by atoms with Crippen molar-refractivity contribution in [2.75, 3.05) is 5.32 Å². The van der Waals surface area contributed by atoms with Gasteiger partial charge in [0.05, 0.1) is 5.56 Å². The van der Waals surface area contributed by atoms with E-state index in [2.05, 4.69) is 15.3 Å². The van der Waals surface area contributed by atoms with Crippen molar-refractivity contribution in [2.45, 2.75) is 0 Å². The van der Waals surface area contributed by atoms with Gasteiger partial charge in [0.15, 0.2) is 0 Å². The van der Waals surface area contributed by atoms with Gasteiger partial charge in [-0.25, -0.2) is 0 Å². The summed E-state index contributed by atoms with van der Waals surface area (Å²) in [6.07, 6.45) is 3.24. The molecule has 0 bridgehead atoms. The van der Waals surface area contributed by atoms with Crippen LogP contribution in [-0.2, 0) is 0 Å². The predicted octanol–water partition coefficient (Wildman–Crippen LogP) is 2.11. The summed E-state index contributed by atoms with van der Waals surface area (Å²) in [6, 6.07) is 10.4. The number of benzene rings is 1. The Morgan fingerprint density at radius 3 is 2.74 bits per heavy atom. The Morgan fingerprint density at radius 2 is 1.95 bits per heavy atom. The zero-order valence-corrected chi connectivity index (χ0v) is 9.94. The van der Waals surface area contributed by atoms with Crippen molar-refractivity contribution in [1.29, 1.82) is 0 Å². The minimum absolute atomic E-state index is 0.231. The molecule has 0 atom stereocenters. The third-order valence-corrected chi connectivity index (χ3v) is 2.86. The molecule has 5 heteroatoms. The number of pyridine rings is 1. The molecule has 0 saturated heterocycles. The highest BCUT2D eigenvalue weighted by atomic mass is 16.1. The summed E-state index contributed by atoms with van der Waals surface area (Å²) in [5.74, 6) is -0.258. The number of H-pyrrole nitrogens is 2. The van der Waals surface area contributed by atoms with E-state index in [1.807, 2.05) is 30.5 Å². The molecule has 0 fully saturated rings. The largest absolute Gasteiger partial charge is 0.361 e. The predicted molar refractivity (Wildman–Crippen MR) is 73.3 cm³/mol. The third kappa shape index (κ3) is 2.26. The standard InChI is InChI=1S/C14H11N3O2/c18-13-4-1-10(8-16-13)14(19)17-11-2-3-12-9(7-11)5-6-15-12/h1-8,15H,(H,16,18)(H,17,19). The number of amides is 1. The first kappa shape index (κ1) is 11.3. The van der Waals surface area contributed by atoms with Crippen LogP contribution in [0.1, 0.15) is 10.4 Å². The van der Waals surface area contributed by atoms with Crippen LogP contribution in [0, 0.1) is 0 Å². The maximum atomic E-state index is 12.0. The lowest BCUT2D eigenvalue weighted by atomic mass is 10.2. The molecule has 3 rings (SSSR count). The summed E-state index contributed by atoms with van der Waals surface area (Å²) in [5, 5.41) is 3.81. The number of anilines is 1. The van der Waals surface area contributed by atoms with E-state index in [-0.39, 0.29) is 11.5 Å². The number of aromatic nitrogens is 2. The molecule has 0 spiro atoms. The van der Waals surface area contributed by atoms with Crippen molar-refractivity contribution in [3.8, 4) is 0 Å². The number of carbonyl (C=O) groups excluding carboxylic acids is 1. The second kappa shape index (κ2) is 4.45. The van der Waals surface area contributed by atoms with Crippen molar-refractivity contribution in [1.82, 2.24) is 9.97 Å². The molecule has 2 heterocycles. The van der Waals surface area contributed by atoms with Crippen LogP contribution >= 0.6 is 0 Å². The SMILES string of the molecule is O=C(Nc1ccc2[nH]ccc2c1)c1ccc(=O)[nH]c1. The second-order valence-electron chi connectivity index (χ2n) is 4.18. The highest BCUT2D eigenvalue weighted by Gasteiger charge is 2.06. The molecule has 1 aromatic carbocycles. The first-order valence-corrected chi connectivity index (χ1v) is 5.79. The first-order valence-electron chi connectivity index (χ1n) is 5.79. The lowest BCUT2D eigenvalue weighted by Crippen LogP contribution is -2.14. The van der Waals surface area contributed by atoms with Crippen molar-refractivity contribution in [2.24, 2.45) is 0 Å². The Morgan fingerprint density at radius 1 is 1.05 bits per heavy atom. The van der Waals surface area contributed by atoms with E-state index in [4.69, 9.17) is 0 Å². The number of hydrogen-bond donors (Lipinski definition) is 3. The lowest BCUT2D eigenvalue weighted by molar-refractivity contribution is 0.102. The monoisotopic (exact) mass is 253 g/mol. The number of fused-ring (bicyclic) bond motifs is 1. The molecule has 5 nitrogen and oxygen atoms in total. The normalized spacial score (nSPS) is 10.5. The maximum absolute atomic E-state index is 12.0. The van der Waals surface area contributed by atoms with Crippen molar-refractivity contribution in [3.63, 3.8) is 0 Å². The minimum Gasteiger partial charge on any atom is -0.361 e. The summed E-state index contributed by atoms with van der Waals surface area (Å²) in [6.45, 7) is 0. The summed E-state index contributed by atoms with van der Waals surface area (Å²) in [7, 11) is 0. The summed E-state index contributed by atoms with van der Waals surface area (Å²) in [5.41, 5.74) is 1.91. The molecular weight excluding hydrogens is 242 g/mol. The van der Waals surface area contributed by atoms with E-state index in [0.717, 1.165) is 10.9 Å². The summed E-state index contributed by atoms with van der Waals surface area (Å²) < 4.78 is 0. The Kier molecular flexibility index (Phi) is 2.64. The molecular formula is C14H11N3O2. The van der Waals surface area contributed by atoms with Crippen molar-refractivity contribution >= 4 is 22.5 Å². The van der Waals surface area contributed by atoms with Crippen LogP contribution in [0.5, 0.6) is 0 Å². The molecule has 1 amide bonds. The topological polar surface area (TPSA) is 77.8 Å². The smallest absolute Gasteiger partial charge is 0.257 e. The van der Waals surface area contributed by atoms with Crippen LogP contribution in [-0.4, -0.2) is 15.9 Å². The van der Waals surface area contributed by atoms with Gasteiger partial charge in [-0.1, -0.05) is 0 Å². The Labute approximate surface area is 108 Å². The van der Waals surface area contributed by atoms with Gasteiger partial charge in [0, 0.05) is 35.1 Å². The van der Waals surface area contributed by atoms with Crippen LogP contribution in [0.2, 0.25) is 0 Å². The number of aromatic amines is 2. The van der Waals surface area contributed by atoms with E-state index >= 15 is 0 Å². The van der Waals surface area contributed by atoms with Gasteiger partial charge < -0.3 is 15.3 Å². The van der Waals surface area contributed by atoms with E-state index in [9.17, 15) is 9.59 Å². The highest BCUT2D eigenvalue weighted by Crippen LogP contribution is 2.18. The minimum atomic E-state index is -0.258. The molecule has 2 aromatic heterocycles. The van der Waals surface area contributed by atoms with Gasteiger partial charge in [-0.05, 0) is 30.3 Å². The van der Waals surface area contributed by atoms with Crippen LogP contribution in [0.4, 0.5) is 5.69 Å². The van der Waals surface area contributed by atoms with E-state index < -0.39 is 0 Å². The van der Waals surface area contributed by atoms with Gasteiger partial charge in [-0.2, -0.15) is 0 Å². The van der Waals surface area contributed by atoms with Gasteiger partial charge >= 0.3 is 0 Å². The van der Waals surface area contributed by atoms with Crippen molar-refractivity contribution < 1.29 is 4.79 Å². The quantitative estimate of drug-likeness (QED) is 0.654. The van der Waals surface area contributed by atoms with Crippen LogP contribution in [0.3, 0.4) is 0 Å². The fraction of sp³-hybridized carbons (Fsp3) is 0. The molecule has 19 heavy (non-hydrogen) atoms. The fourth-order valence-electron chi connectivity index (χ4n) is 1.89. The van der Waals surface area contributed by atoms with Gasteiger partial charge in [0.2, 0.25) is 5.56 Å². The highest BCUT2D eigenvalue weighted by molar-refractivity contribution is 6.04. The average molecular weight is 253 g/mol. The number of nitrogens with one attached hydrogen (secondary N) is 3. The number of hydrogen-bond acceptors (Lipinski definition) is 2. The maximum Gasteiger partial charge on any atom is 0.257 e. The third-order valence-electron chi connectivity index (χ3n) is 2.86. The molecule has 0 radical (unpaired) electrons. The molecule has 3 aromatic rings. The van der Waals surface area contributed by atoms with E-state index in [0.29, 0.717) is 11.3 Å². The van der Waals surface area contributed by atoms with E-state index in [1.165, 1.54) is 18.3 Å². The summed E-state index contributed by atoms with van der Waals surface area (Å²) in [4.78, 5) is 28.4. The molecule has 0 unspecified atom stereocenters. The lowest BCUT2D eigenvalue weighted by Gasteiger charge is -2.05. The van der Waals surface area contributed by atoms with E-state index in [1.54, 1.807) is 0 Å². The van der Waals surface area contributed by atoms with Gasteiger partial charge in [0.25, 0.3) is 5.91 Å². The molecule has 0 aliphatic heterocycles. The molecule has 94 valence electrons. The second-order valence-corrected chi connectivity index (χ2v) is 4.18. The molecule has 3 N–H and O–H groups in total. The van der Waals surface area contributed by atoms with Gasteiger partial charge in [0.1, 0.15) is 0 Å². The fourth-order valence-corrected chi connectivity index (χ4v) is 1.89. The molecule has 0 aliphatic carbocycles. The van der Waals surface area contributed by atoms with Gasteiger partial charge in [-0.3, -0.25) is 9.59 Å². The van der Waals surface area contributed by atoms with Crippen molar-refractivity contribution in [3.05, 3.63) is 64.7 Å². The zero-order chi connectivity index (χ0) is 13.2. The molecule has 0 aliphatic rings. The Hall–Kier alpha value is -2.82. The zero-order valence-electron chi connectivity index (χ0n) is 9.94. The number of carbonyl (C=O) groups is 1. The molecule has 0 saturated carbocycles. The average Bonchev–Trinajstić information content (AvgIpc) is 2.87. The first-order chi connectivity index (χ1) is 9.22. The van der Waals surface area contributed by atoms with Crippen LogP contribution < -0.4 is 10.9 Å². The summed E-state index contributed by atoms with van der Waals surface area (Å²) >= 11 is 0. The number of rotatable bonds is 2. The van der Waals surface area contributed by atoms with Crippen LogP contribution in [0.25, 0.3) is 10.9 Å². The van der Waals surface area contributed by atoms with Crippen LogP contribution in [0.15, 0.2) is 53.6 Å². The Balaban J connectivity index is 1.85.